The predicted octanol–water partition coefficient (Wildman–Crippen LogP) is 4.64. The van der Waals surface area contributed by atoms with Crippen molar-refractivity contribution in [1.82, 2.24) is 19.7 Å². The normalized spacial score (nSPS) is 10.8. The first kappa shape index (κ1) is 20.4. The van der Waals surface area contributed by atoms with E-state index < -0.39 is 0 Å². The van der Waals surface area contributed by atoms with Crippen LogP contribution in [-0.2, 0) is 17.9 Å². The summed E-state index contributed by atoms with van der Waals surface area (Å²) >= 11 is 3.09. The van der Waals surface area contributed by atoms with E-state index in [-0.39, 0.29) is 5.91 Å². The van der Waals surface area contributed by atoms with Gasteiger partial charge in [0.25, 0.3) is 0 Å². The van der Waals surface area contributed by atoms with Crippen LogP contribution < -0.4 is 0 Å². The molecule has 28 heavy (non-hydrogen) atoms. The molecule has 7 heteroatoms. The minimum absolute atomic E-state index is 0.0704. The summed E-state index contributed by atoms with van der Waals surface area (Å²) in [6, 6.07) is 12.3. The fourth-order valence-electron chi connectivity index (χ4n) is 2.90. The van der Waals surface area contributed by atoms with Crippen LogP contribution in [0.25, 0.3) is 11.4 Å². The molecule has 0 aliphatic rings. The summed E-state index contributed by atoms with van der Waals surface area (Å²) in [5.41, 5.74) is 2.22. The van der Waals surface area contributed by atoms with Crippen molar-refractivity contribution in [2.75, 3.05) is 12.3 Å². The first-order valence-corrected chi connectivity index (χ1v) is 11.0. The SMILES string of the molecule is C=CCN(Cc1cccs1)C(=O)CSc1nnc(-c2cccc(C)c2)n1CC. The van der Waals surface area contributed by atoms with Gasteiger partial charge in [0, 0.05) is 23.5 Å². The third kappa shape index (κ3) is 4.91. The number of nitrogens with zero attached hydrogens (tertiary/aromatic N) is 4. The topological polar surface area (TPSA) is 51.0 Å². The summed E-state index contributed by atoms with van der Waals surface area (Å²) in [7, 11) is 0. The van der Waals surface area contributed by atoms with Gasteiger partial charge < -0.3 is 9.47 Å². The Labute approximate surface area is 174 Å². The van der Waals surface area contributed by atoms with Gasteiger partial charge >= 0.3 is 0 Å². The molecule has 0 saturated heterocycles. The molecule has 0 spiro atoms. The second kappa shape index (κ2) is 9.71. The minimum Gasteiger partial charge on any atom is -0.333 e. The van der Waals surface area contributed by atoms with Gasteiger partial charge in [-0.3, -0.25) is 4.79 Å². The van der Waals surface area contributed by atoms with Gasteiger partial charge in [-0.25, -0.2) is 0 Å². The molecule has 146 valence electrons. The lowest BCUT2D eigenvalue weighted by Crippen LogP contribution is -2.31. The van der Waals surface area contributed by atoms with Crippen LogP contribution in [0.15, 0.2) is 59.6 Å². The number of aryl methyl sites for hydroxylation is 1. The van der Waals surface area contributed by atoms with E-state index in [4.69, 9.17) is 0 Å². The number of amides is 1. The smallest absolute Gasteiger partial charge is 0.233 e. The molecule has 0 aliphatic carbocycles. The van der Waals surface area contributed by atoms with Crippen molar-refractivity contribution >= 4 is 29.0 Å². The molecule has 3 rings (SSSR count). The number of rotatable bonds is 9. The maximum Gasteiger partial charge on any atom is 0.233 e. The standard InChI is InChI=1S/C21H24N4OS2/c1-4-11-24(14-18-10-7-12-27-18)19(26)15-28-21-23-22-20(25(21)5-2)17-9-6-8-16(3)13-17/h4,6-10,12-13H,1,5,11,14-15H2,2-3H3. The fourth-order valence-corrected chi connectivity index (χ4v) is 4.52. The van der Waals surface area contributed by atoms with Gasteiger partial charge in [0.15, 0.2) is 11.0 Å². The second-order valence-corrected chi connectivity index (χ2v) is 8.33. The van der Waals surface area contributed by atoms with E-state index in [0.29, 0.717) is 18.8 Å². The summed E-state index contributed by atoms with van der Waals surface area (Å²) in [6.45, 7) is 9.80. The van der Waals surface area contributed by atoms with Crippen LogP contribution in [0.5, 0.6) is 0 Å². The third-order valence-corrected chi connectivity index (χ3v) is 6.08. The fraction of sp³-hybridized carbons (Fsp3) is 0.286. The monoisotopic (exact) mass is 412 g/mol. The molecule has 0 aliphatic heterocycles. The van der Waals surface area contributed by atoms with Crippen LogP contribution in [-0.4, -0.2) is 37.9 Å². The Balaban J connectivity index is 1.71. The predicted molar refractivity (Wildman–Crippen MR) is 117 cm³/mol. The van der Waals surface area contributed by atoms with Gasteiger partial charge in [0.05, 0.1) is 12.3 Å². The zero-order valence-corrected chi connectivity index (χ0v) is 17.8. The van der Waals surface area contributed by atoms with Crippen molar-refractivity contribution in [1.29, 1.82) is 0 Å². The molecule has 1 aromatic carbocycles. The number of benzene rings is 1. The lowest BCUT2D eigenvalue weighted by atomic mass is 10.1. The van der Waals surface area contributed by atoms with E-state index in [1.165, 1.54) is 22.2 Å². The van der Waals surface area contributed by atoms with Crippen molar-refractivity contribution in [3.05, 3.63) is 64.9 Å². The highest BCUT2D eigenvalue weighted by molar-refractivity contribution is 7.99. The van der Waals surface area contributed by atoms with E-state index in [1.807, 2.05) is 34.5 Å². The average molecular weight is 413 g/mol. The summed E-state index contributed by atoms with van der Waals surface area (Å²) < 4.78 is 2.06. The van der Waals surface area contributed by atoms with Crippen LogP contribution in [0, 0.1) is 6.92 Å². The summed E-state index contributed by atoms with van der Waals surface area (Å²) in [5.74, 6) is 1.23. The van der Waals surface area contributed by atoms with E-state index in [1.54, 1.807) is 17.4 Å². The van der Waals surface area contributed by atoms with E-state index in [2.05, 4.69) is 47.3 Å². The lowest BCUT2D eigenvalue weighted by molar-refractivity contribution is -0.128. The van der Waals surface area contributed by atoms with Crippen LogP contribution in [0.1, 0.15) is 17.4 Å². The van der Waals surface area contributed by atoms with Crippen LogP contribution in [0.3, 0.4) is 0 Å². The quantitative estimate of drug-likeness (QED) is 0.379. The lowest BCUT2D eigenvalue weighted by Gasteiger charge is -2.20. The second-order valence-electron chi connectivity index (χ2n) is 6.35. The third-order valence-electron chi connectivity index (χ3n) is 4.26. The molecule has 0 bridgehead atoms. The number of carbonyl (C=O) groups excluding carboxylic acids is 1. The molecule has 0 unspecified atom stereocenters. The summed E-state index contributed by atoms with van der Waals surface area (Å²) in [4.78, 5) is 15.7. The number of thiophene rings is 1. The maximum atomic E-state index is 12.8. The average Bonchev–Trinajstić information content (AvgIpc) is 3.35. The van der Waals surface area contributed by atoms with Gasteiger partial charge in [0.1, 0.15) is 0 Å². The van der Waals surface area contributed by atoms with Gasteiger partial charge in [-0.1, -0.05) is 47.7 Å². The summed E-state index contributed by atoms with van der Waals surface area (Å²) in [6.07, 6.45) is 1.76. The van der Waals surface area contributed by atoms with Crippen molar-refractivity contribution < 1.29 is 4.79 Å². The number of carbonyl (C=O) groups is 1. The molecule has 0 saturated carbocycles. The maximum absolute atomic E-state index is 12.8. The zero-order valence-electron chi connectivity index (χ0n) is 16.2. The minimum atomic E-state index is 0.0704. The molecule has 0 radical (unpaired) electrons. The Morgan fingerprint density at radius 2 is 2.18 bits per heavy atom. The Hall–Kier alpha value is -2.38. The number of hydrogen-bond donors (Lipinski definition) is 0. The van der Waals surface area contributed by atoms with E-state index in [0.717, 1.165) is 23.1 Å². The van der Waals surface area contributed by atoms with Crippen molar-refractivity contribution in [2.45, 2.75) is 32.1 Å². The van der Waals surface area contributed by atoms with Gasteiger partial charge in [-0.2, -0.15) is 0 Å². The molecule has 1 amide bonds. The summed E-state index contributed by atoms with van der Waals surface area (Å²) in [5, 5.41) is 11.5. The zero-order chi connectivity index (χ0) is 19.9. The Morgan fingerprint density at radius 1 is 1.32 bits per heavy atom. The highest BCUT2D eigenvalue weighted by Crippen LogP contribution is 2.25. The van der Waals surface area contributed by atoms with E-state index >= 15 is 0 Å². The molecule has 2 heterocycles. The van der Waals surface area contributed by atoms with Crippen molar-refractivity contribution in [3.8, 4) is 11.4 Å². The largest absolute Gasteiger partial charge is 0.333 e. The van der Waals surface area contributed by atoms with Gasteiger partial charge in [-0.15, -0.1) is 28.1 Å². The van der Waals surface area contributed by atoms with Crippen LogP contribution >= 0.6 is 23.1 Å². The Morgan fingerprint density at radius 3 is 2.86 bits per heavy atom. The number of aromatic nitrogens is 3. The molecule has 2 aromatic heterocycles. The van der Waals surface area contributed by atoms with Crippen LogP contribution in [0.2, 0.25) is 0 Å². The highest BCUT2D eigenvalue weighted by Gasteiger charge is 2.18. The first-order chi connectivity index (χ1) is 13.6. The van der Waals surface area contributed by atoms with Crippen LogP contribution in [0.4, 0.5) is 0 Å². The number of thioether (sulfide) groups is 1. The Kier molecular flexibility index (Phi) is 7.06. The molecular weight excluding hydrogens is 388 g/mol. The molecule has 5 nitrogen and oxygen atoms in total. The van der Waals surface area contributed by atoms with Gasteiger partial charge in [-0.05, 0) is 31.4 Å². The van der Waals surface area contributed by atoms with E-state index in [9.17, 15) is 4.79 Å². The first-order valence-electron chi connectivity index (χ1n) is 9.16. The molecule has 0 atom stereocenters. The highest BCUT2D eigenvalue weighted by atomic mass is 32.2. The van der Waals surface area contributed by atoms with Crippen molar-refractivity contribution in [3.63, 3.8) is 0 Å². The molecule has 0 N–H and O–H groups in total. The van der Waals surface area contributed by atoms with Crippen molar-refractivity contribution in [2.24, 2.45) is 0 Å². The van der Waals surface area contributed by atoms with Gasteiger partial charge in [0.2, 0.25) is 5.91 Å². The number of hydrogen-bond acceptors (Lipinski definition) is 5. The molecule has 3 aromatic rings. The molecular formula is C21H24N4OS2. The molecule has 0 fully saturated rings. The Bertz CT molecular complexity index is 934.